The van der Waals surface area contributed by atoms with Gasteiger partial charge < -0.3 is 20.5 Å². The van der Waals surface area contributed by atoms with Crippen molar-refractivity contribution in [2.24, 2.45) is 10.7 Å². The number of hydrogen-bond donors (Lipinski definition) is 2. The van der Waals surface area contributed by atoms with E-state index in [2.05, 4.69) is 10.3 Å². The summed E-state index contributed by atoms with van der Waals surface area (Å²) in [6, 6.07) is 14.1. The molecule has 2 aromatic rings. The van der Waals surface area contributed by atoms with Gasteiger partial charge in [0.2, 0.25) is 0 Å². The first-order valence-electron chi connectivity index (χ1n) is 8.07. The molecule has 3 N–H and O–H groups in total. The molecule has 0 aliphatic carbocycles. The fourth-order valence-electron chi connectivity index (χ4n) is 2.36. The molecule has 0 saturated heterocycles. The lowest BCUT2D eigenvalue weighted by Crippen LogP contribution is -2.33. The Kier molecular flexibility index (Phi) is 9.97. The fourth-order valence-corrected chi connectivity index (χ4v) is 2.36. The Hall–Kier alpha value is -1.87. The highest BCUT2D eigenvalue weighted by molar-refractivity contribution is 14.0. The van der Waals surface area contributed by atoms with Gasteiger partial charge in [-0.1, -0.05) is 24.3 Å². The van der Waals surface area contributed by atoms with Gasteiger partial charge in [-0.2, -0.15) is 0 Å². The van der Waals surface area contributed by atoms with E-state index in [9.17, 15) is 4.39 Å². The molecule has 2 aromatic carbocycles. The van der Waals surface area contributed by atoms with Crippen LogP contribution in [0.4, 0.5) is 4.39 Å². The third-order valence-corrected chi connectivity index (χ3v) is 3.83. The van der Waals surface area contributed by atoms with Gasteiger partial charge in [0.25, 0.3) is 0 Å². The molecule has 0 spiro atoms. The number of methoxy groups -OCH3 is 2. The van der Waals surface area contributed by atoms with E-state index in [0.717, 1.165) is 17.7 Å². The number of aliphatic imine (C=N–C) groups is 1. The fraction of sp³-hybridized carbons (Fsp3) is 0.316. The average Bonchev–Trinajstić information content (AvgIpc) is 2.64. The number of hydrogen-bond acceptors (Lipinski definition) is 3. The van der Waals surface area contributed by atoms with Crippen molar-refractivity contribution in [2.75, 3.05) is 27.3 Å². The van der Waals surface area contributed by atoms with Crippen molar-refractivity contribution >= 4 is 29.9 Å². The second-order valence-corrected chi connectivity index (χ2v) is 5.53. The Bertz CT molecular complexity index is 678. The summed E-state index contributed by atoms with van der Waals surface area (Å²) in [6.45, 7) is 1.04. The van der Waals surface area contributed by atoms with Crippen LogP contribution in [-0.2, 0) is 11.2 Å². The van der Waals surface area contributed by atoms with Crippen LogP contribution in [0.3, 0.4) is 0 Å². The summed E-state index contributed by atoms with van der Waals surface area (Å²) in [6.07, 6.45) is 0.564. The Morgan fingerprint density at radius 2 is 1.77 bits per heavy atom. The highest BCUT2D eigenvalue weighted by Gasteiger charge is 2.10. The molecule has 0 fully saturated rings. The van der Waals surface area contributed by atoms with Gasteiger partial charge >= 0.3 is 0 Å². The van der Waals surface area contributed by atoms with E-state index in [4.69, 9.17) is 15.2 Å². The molecule has 0 radical (unpaired) electrons. The van der Waals surface area contributed by atoms with Crippen molar-refractivity contribution in [3.05, 3.63) is 65.5 Å². The molecule has 26 heavy (non-hydrogen) atoms. The van der Waals surface area contributed by atoms with Crippen molar-refractivity contribution in [1.29, 1.82) is 0 Å². The first-order valence-corrected chi connectivity index (χ1v) is 8.07. The molecular weight excluding hydrogens is 448 g/mol. The smallest absolute Gasteiger partial charge is 0.188 e. The Balaban J connectivity index is 0.00000338. The van der Waals surface area contributed by atoms with Crippen LogP contribution in [0.2, 0.25) is 0 Å². The van der Waals surface area contributed by atoms with Crippen LogP contribution >= 0.6 is 24.0 Å². The lowest BCUT2D eigenvalue weighted by molar-refractivity contribution is 0.111. The monoisotopic (exact) mass is 473 g/mol. The van der Waals surface area contributed by atoms with Gasteiger partial charge in [0.15, 0.2) is 5.96 Å². The highest BCUT2D eigenvalue weighted by atomic mass is 127. The predicted molar refractivity (Wildman–Crippen MR) is 113 cm³/mol. The van der Waals surface area contributed by atoms with Gasteiger partial charge in [-0.25, -0.2) is 4.39 Å². The van der Waals surface area contributed by atoms with Crippen molar-refractivity contribution in [3.8, 4) is 5.75 Å². The molecule has 1 atom stereocenters. The summed E-state index contributed by atoms with van der Waals surface area (Å²) in [4.78, 5) is 4.30. The van der Waals surface area contributed by atoms with Gasteiger partial charge in [0, 0.05) is 13.7 Å². The van der Waals surface area contributed by atoms with Crippen LogP contribution in [-0.4, -0.2) is 33.3 Å². The van der Waals surface area contributed by atoms with Crippen molar-refractivity contribution in [3.63, 3.8) is 0 Å². The molecule has 5 nitrogen and oxygen atoms in total. The minimum absolute atomic E-state index is 0. The van der Waals surface area contributed by atoms with E-state index in [0.29, 0.717) is 19.0 Å². The number of rotatable bonds is 8. The molecule has 0 amide bonds. The van der Waals surface area contributed by atoms with Gasteiger partial charge in [0.05, 0.1) is 13.7 Å². The quantitative estimate of drug-likeness (QED) is 0.351. The van der Waals surface area contributed by atoms with Crippen LogP contribution in [0.1, 0.15) is 17.2 Å². The van der Waals surface area contributed by atoms with Crippen LogP contribution in [0.25, 0.3) is 0 Å². The molecule has 0 aromatic heterocycles. The number of nitrogens with one attached hydrogen (secondary N) is 1. The third kappa shape index (κ3) is 7.17. The zero-order valence-electron chi connectivity index (χ0n) is 14.9. The molecule has 0 aliphatic rings. The Labute approximate surface area is 170 Å². The molecule has 0 bridgehead atoms. The third-order valence-electron chi connectivity index (χ3n) is 3.83. The standard InChI is InChI=1S/C19H24FN3O2.HI/c1-24-17-9-3-14(4-10-17)11-12-22-19(21)23-13-18(25-2)15-5-7-16(20)8-6-15;/h3-10,18H,11-13H2,1-2H3,(H3,21,22,23);1H. The molecule has 0 aliphatic heterocycles. The molecule has 0 saturated carbocycles. The predicted octanol–water partition coefficient (Wildman–Crippen LogP) is 3.29. The second kappa shape index (κ2) is 11.7. The number of guanidine groups is 1. The summed E-state index contributed by atoms with van der Waals surface area (Å²) < 4.78 is 23.5. The van der Waals surface area contributed by atoms with Crippen molar-refractivity contribution < 1.29 is 13.9 Å². The van der Waals surface area contributed by atoms with Crippen LogP contribution in [0, 0.1) is 5.82 Å². The summed E-state index contributed by atoms with van der Waals surface area (Å²) in [5.74, 6) is 0.920. The molecule has 2 rings (SSSR count). The molecule has 142 valence electrons. The van der Waals surface area contributed by atoms with Gasteiger partial charge in [-0.15, -0.1) is 24.0 Å². The first-order chi connectivity index (χ1) is 12.1. The summed E-state index contributed by atoms with van der Waals surface area (Å²) in [7, 11) is 3.24. The van der Waals surface area contributed by atoms with Crippen molar-refractivity contribution in [1.82, 2.24) is 5.32 Å². The second-order valence-electron chi connectivity index (χ2n) is 5.53. The zero-order chi connectivity index (χ0) is 18.1. The van der Waals surface area contributed by atoms with E-state index < -0.39 is 0 Å². The zero-order valence-corrected chi connectivity index (χ0v) is 17.3. The SMILES string of the molecule is COc1ccc(CCNC(N)=NCC(OC)c2ccc(F)cc2)cc1.I. The van der Waals surface area contributed by atoms with Gasteiger partial charge in [-0.05, 0) is 41.8 Å². The van der Waals surface area contributed by atoms with Crippen LogP contribution in [0.15, 0.2) is 53.5 Å². The Morgan fingerprint density at radius 3 is 2.35 bits per heavy atom. The number of ether oxygens (including phenoxy) is 2. The maximum absolute atomic E-state index is 13.0. The first kappa shape index (κ1) is 22.2. The molecular formula is C19H25FIN3O2. The lowest BCUT2D eigenvalue weighted by atomic mass is 10.1. The lowest BCUT2D eigenvalue weighted by Gasteiger charge is -2.14. The topological polar surface area (TPSA) is 68.9 Å². The maximum Gasteiger partial charge on any atom is 0.188 e. The Morgan fingerprint density at radius 1 is 1.12 bits per heavy atom. The number of nitrogens with two attached hydrogens (primary N) is 1. The summed E-state index contributed by atoms with van der Waals surface area (Å²) in [5, 5.41) is 3.08. The minimum Gasteiger partial charge on any atom is -0.497 e. The van der Waals surface area contributed by atoms with Crippen LogP contribution < -0.4 is 15.8 Å². The summed E-state index contributed by atoms with van der Waals surface area (Å²) >= 11 is 0. The molecule has 7 heteroatoms. The summed E-state index contributed by atoms with van der Waals surface area (Å²) in [5.41, 5.74) is 7.93. The highest BCUT2D eigenvalue weighted by Crippen LogP contribution is 2.17. The van der Waals surface area contributed by atoms with E-state index in [1.165, 1.54) is 17.7 Å². The van der Waals surface area contributed by atoms with E-state index in [1.807, 2.05) is 24.3 Å². The van der Waals surface area contributed by atoms with E-state index in [1.54, 1.807) is 26.4 Å². The normalized spacial score (nSPS) is 12.2. The average molecular weight is 473 g/mol. The maximum atomic E-state index is 13.0. The molecule has 0 heterocycles. The number of nitrogens with zero attached hydrogens (tertiary/aromatic N) is 1. The van der Waals surface area contributed by atoms with Gasteiger partial charge in [-0.3, -0.25) is 4.99 Å². The van der Waals surface area contributed by atoms with Crippen LogP contribution in [0.5, 0.6) is 5.75 Å². The minimum atomic E-state index is -0.276. The largest absolute Gasteiger partial charge is 0.497 e. The van der Waals surface area contributed by atoms with E-state index >= 15 is 0 Å². The molecule has 1 unspecified atom stereocenters. The van der Waals surface area contributed by atoms with E-state index in [-0.39, 0.29) is 35.9 Å². The number of halogens is 2. The number of benzene rings is 2. The van der Waals surface area contributed by atoms with Gasteiger partial charge in [0.1, 0.15) is 17.7 Å². The van der Waals surface area contributed by atoms with Crippen molar-refractivity contribution in [2.45, 2.75) is 12.5 Å².